The minimum Gasteiger partial charge on any atom is -0.481 e. The number of ketones is 3. The van der Waals surface area contributed by atoms with Crippen LogP contribution >= 0.6 is 0 Å². The van der Waals surface area contributed by atoms with Gasteiger partial charge in [0.1, 0.15) is 42.9 Å². The number of carbonyl (C=O) groups is 12. The highest BCUT2D eigenvalue weighted by Gasteiger charge is 2.39. The second-order valence-electron chi connectivity index (χ2n) is 26.3. The van der Waals surface area contributed by atoms with Gasteiger partial charge in [0.05, 0.1) is 51.4 Å². The van der Waals surface area contributed by atoms with Crippen LogP contribution in [0.4, 0.5) is 0 Å². The average Bonchev–Trinajstić information content (AvgIpc) is 0.822. The van der Waals surface area contributed by atoms with Crippen LogP contribution in [0.15, 0.2) is 54.6 Å². The number of hydrogen-bond donors (Lipinski definition) is 8. The van der Waals surface area contributed by atoms with Crippen molar-refractivity contribution in [2.45, 2.75) is 244 Å². The van der Waals surface area contributed by atoms with Crippen LogP contribution in [-0.4, -0.2) is 206 Å². The lowest BCUT2D eigenvalue weighted by molar-refractivity contribution is -0.153. The number of likely N-dealkylation sites (N-methyl/N-ethyl adjacent to an activating group) is 2. The van der Waals surface area contributed by atoms with E-state index in [0.29, 0.717) is 56.1 Å². The molecule has 9 N–H and O–H groups in total. The Balaban J connectivity index is 0.0000551. The maximum Gasteiger partial charge on any atom is 0.446 e. The molecule has 0 spiro atoms. The van der Waals surface area contributed by atoms with Gasteiger partial charge in [0.25, 0.3) is 0 Å². The number of benzene rings is 2. The molecule has 29 nitrogen and oxygen atoms in total. The smallest absolute Gasteiger partial charge is 0.446 e. The Kier molecular flexibility index (Phi) is 51.3. The molecule has 0 aromatic heterocycles. The first-order chi connectivity index (χ1) is 49.6. The number of primary amides is 1. The standard InChI is InChI=1S/C74H116N6O23S.CH4.H2/c1-5-7-29-56(72(92)80(4)64(51-69(88)89)73(93)79(3)63(70(75)90)48-54-27-22-21-23-28-54)50-65(83)61(32-8-6-2)78-71(91)62(47-55-34-37-60(38-35-55)103-104(96,97)98)77-67(85)53-102-46-43-99-41-26-31-59(82)52-101-45-44-100-42-40-76-66(84)39-36-57(74(94)95)49-58(81)30-24-19-17-15-13-11-9-10-12-14-16-18-20-25-33-68(86)87;;/h21-23,27-28,34-35,37-38,56-57,61-64H,5-20,24-26,29-33,36,39-53H2,1-4H3,(H2,75,90)(H,76,84)(H,77,85)(H,78,91)(H,86,87)(H,88,89)(H,94,95)(H,96,97,98);1H4;1H/t56-,57-,61+,62+,63+,64-;;/m1../s1. The number of hydrogen-bond acceptors (Lipinski definition) is 19. The molecule has 0 radical (unpaired) electrons. The molecular weight excluding hydrogens is 1380 g/mol. The third kappa shape index (κ3) is 45.4. The second kappa shape index (κ2) is 56.5. The van der Waals surface area contributed by atoms with Crippen molar-refractivity contribution in [3.8, 4) is 5.75 Å². The minimum atomic E-state index is -4.87. The van der Waals surface area contributed by atoms with Crippen molar-refractivity contribution < 1.29 is 110 Å². The van der Waals surface area contributed by atoms with Gasteiger partial charge in [-0.1, -0.05) is 166 Å². The number of carboxylic acids is 3. The number of aliphatic carboxylic acids is 3. The van der Waals surface area contributed by atoms with Gasteiger partial charge in [-0.15, -0.1) is 0 Å². The van der Waals surface area contributed by atoms with Crippen LogP contribution < -0.4 is 25.9 Å². The Bertz CT molecular complexity index is 3040. The summed E-state index contributed by atoms with van der Waals surface area (Å²) in [5, 5.41) is 36.4. The molecule has 0 unspecified atom stereocenters. The molecule has 596 valence electrons. The van der Waals surface area contributed by atoms with E-state index in [1.165, 1.54) is 70.5 Å². The lowest BCUT2D eigenvalue weighted by Crippen LogP contribution is -2.56. The summed E-state index contributed by atoms with van der Waals surface area (Å²) in [4.78, 5) is 158. The van der Waals surface area contributed by atoms with Crippen molar-refractivity contribution >= 4 is 81.1 Å². The third-order valence-electron chi connectivity index (χ3n) is 17.5. The van der Waals surface area contributed by atoms with Gasteiger partial charge >= 0.3 is 28.3 Å². The molecule has 0 aliphatic heterocycles. The molecule has 0 fully saturated rings. The number of nitrogens with two attached hydrogens (primary N) is 1. The normalized spacial score (nSPS) is 13.0. The Morgan fingerprint density at radius 2 is 1.02 bits per heavy atom. The molecular formula is C75H122N6O23S. The van der Waals surface area contributed by atoms with Gasteiger partial charge in [-0.05, 0) is 61.8 Å². The topological polar surface area (TPSA) is 435 Å². The number of unbranched alkanes of at least 4 members (excludes halogenated alkanes) is 15. The predicted octanol–water partition coefficient (Wildman–Crippen LogP) is 8.37. The quantitative estimate of drug-likeness (QED) is 0.0227. The molecule has 2 aromatic rings. The molecule has 0 aliphatic rings. The lowest BCUT2D eigenvalue weighted by Gasteiger charge is -2.35. The fourth-order valence-electron chi connectivity index (χ4n) is 11.6. The van der Waals surface area contributed by atoms with Crippen LogP contribution in [-0.2, 0) is 99.7 Å². The number of amides is 6. The molecule has 0 bridgehead atoms. The van der Waals surface area contributed by atoms with Crippen LogP contribution in [0.3, 0.4) is 0 Å². The molecule has 0 heterocycles. The number of nitrogens with zero attached hydrogens (tertiary/aromatic N) is 2. The monoisotopic (exact) mass is 1510 g/mol. The predicted molar refractivity (Wildman–Crippen MR) is 394 cm³/mol. The van der Waals surface area contributed by atoms with E-state index in [1.54, 1.807) is 30.3 Å². The van der Waals surface area contributed by atoms with Gasteiger partial charge in [0.2, 0.25) is 35.4 Å². The maximum atomic E-state index is 14.5. The van der Waals surface area contributed by atoms with Gasteiger partial charge in [-0.2, -0.15) is 8.42 Å². The van der Waals surface area contributed by atoms with Crippen molar-refractivity contribution in [1.29, 1.82) is 0 Å². The third-order valence-corrected chi connectivity index (χ3v) is 18.0. The Morgan fingerprint density at radius 1 is 0.495 bits per heavy atom. The lowest BCUT2D eigenvalue weighted by atomic mass is 9.90. The van der Waals surface area contributed by atoms with E-state index in [-0.39, 0.29) is 143 Å². The fraction of sp³-hybridized carbons (Fsp3) is 0.680. The van der Waals surface area contributed by atoms with E-state index in [9.17, 15) is 80.7 Å². The summed E-state index contributed by atoms with van der Waals surface area (Å²) in [6, 6.07) is 8.50. The van der Waals surface area contributed by atoms with Crippen molar-refractivity contribution in [1.82, 2.24) is 25.8 Å². The molecule has 0 saturated carbocycles. The SMILES string of the molecule is C.CCCC[C@H](CC(=O)[C@H](CCCC)NC(=O)[C@H](Cc1ccc(OS(=O)(=O)O)cc1)NC(=O)COCCOCCCC(=O)COCCOCCNC(=O)CC[C@H](CC(=O)CCCCCCCCCCCCCCCCC(=O)O)C(=O)O)C(=O)N(C)[C@H](CC(=O)O)C(=O)N(C)[C@@H](Cc1ccccc1)C(N)=O.[HH]. The van der Waals surface area contributed by atoms with Gasteiger partial charge in [0.15, 0.2) is 11.6 Å². The Morgan fingerprint density at radius 3 is 1.57 bits per heavy atom. The van der Waals surface area contributed by atoms with Crippen LogP contribution in [0.1, 0.15) is 220 Å². The van der Waals surface area contributed by atoms with Crippen molar-refractivity contribution in [3.05, 3.63) is 65.7 Å². The van der Waals surface area contributed by atoms with Crippen LogP contribution in [0, 0.1) is 11.8 Å². The van der Waals surface area contributed by atoms with Crippen molar-refractivity contribution in [2.75, 3.05) is 73.5 Å². The van der Waals surface area contributed by atoms with E-state index >= 15 is 0 Å². The van der Waals surface area contributed by atoms with Gasteiger partial charge < -0.3 is 69.9 Å². The number of Topliss-reactive ketones (excluding diaryl/α,β-unsaturated/α-hetero) is 3. The highest BCUT2D eigenvalue weighted by atomic mass is 32.3. The first kappa shape index (κ1) is 95.2. The molecule has 2 rings (SSSR count). The first-order valence-electron chi connectivity index (χ1n) is 36.7. The summed E-state index contributed by atoms with van der Waals surface area (Å²) in [6.45, 7) is 3.72. The molecule has 2 aromatic carbocycles. The molecule has 30 heteroatoms. The summed E-state index contributed by atoms with van der Waals surface area (Å²) in [6.07, 6.45) is 16.7. The number of carboxylic acid groups (broad SMARTS) is 3. The zero-order valence-corrected chi connectivity index (χ0v) is 62.2. The number of ether oxygens (including phenoxy) is 4. The molecule has 105 heavy (non-hydrogen) atoms. The Hall–Kier alpha value is -7.77. The molecule has 6 amide bonds. The van der Waals surface area contributed by atoms with Gasteiger partial charge in [-0.25, -0.2) is 0 Å². The fourth-order valence-corrected chi connectivity index (χ4v) is 11.9. The zero-order valence-electron chi connectivity index (χ0n) is 61.4. The largest absolute Gasteiger partial charge is 0.481 e. The van der Waals surface area contributed by atoms with Crippen molar-refractivity contribution in [3.63, 3.8) is 0 Å². The summed E-state index contributed by atoms with van der Waals surface area (Å²) >= 11 is 0. The molecule has 0 aliphatic carbocycles. The Labute approximate surface area is 621 Å². The van der Waals surface area contributed by atoms with E-state index in [1.807, 2.05) is 13.8 Å². The minimum absolute atomic E-state index is 0. The van der Waals surface area contributed by atoms with Crippen LogP contribution in [0.5, 0.6) is 5.75 Å². The van der Waals surface area contributed by atoms with E-state index in [0.717, 1.165) is 61.2 Å². The summed E-state index contributed by atoms with van der Waals surface area (Å²) < 4.78 is 58.4. The summed E-state index contributed by atoms with van der Waals surface area (Å²) in [5.41, 5.74) is 6.79. The van der Waals surface area contributed by atoms with E-state index in [4.69, 9.17) is 29.8 Å². The van der Waals surface area contributed by atoms with Gasteiger partial charge in [-0.3, -0.25) is 62.1 Å². The molecule has 6 atom stereocenters. The molecule has 0 saturated heterocycles. The highest BCUT2D eigenvalue weighted by molar-refractivity contribution is 7.81. The average molecular weight is 1510 g/mol. The van der Waals surface area contributed by atoms with Crippen LogP contribution in [0.2, 0.25) is 0 Å². The highest BCUT2D eigenvalue weighted by Crippen LogP contribution is 2.24. The second-order valence-corrected chi connectivity index (χ2v) is 27.3. The van der Waals surface area contributed by atoms with Gasteiger partial charge in [0, 0.05) is 86.0 Å². The number of rotatable bonds is 65. The summed E-state index contributed by atoms with van der Waals surface area (Å²) in [5.74, 6) is -10.8. The first-order valence-corrected chi connectivity index (χ1v) is 38.0. The summed E-state index contributed by atoms with van der Waals surface area (Å²) in [7, 11) is -2.33. The number of nitrogens with one attached hydrogen (secondary N) is 3. The van der Waals surface area contributed by atoms with E-state index in [2.05, 4.69) is 20.1 Å². The van der Waals surface area contributed by atoms with E-state index < -0.39 is 119 Å². The van der Waals surface area contributed by atoms with Crippen molar-refractivity contribution in [2.24, 2.45) is 17.6 Å². The maximum absolute atomic E-state index is 14.5. The zero-order chi connectivity index (χ0) is 77.1. The number of carbonyl (C=O) groups excluding carboxylic acids is 9. The van der Waals surface area contributed by atoms with Crippen LogP contribution in [0.25, 0.3) is 0 Å².